The number of nitrogens with one attached hydrogen (secondary N) is 1. The Balaban J connectivity index is 1.45. The minimum atomic E-state index is -0.208. The van der Waals surface area contributed by atoms with Gasteiger partial charge in [-0.15, -0.1) is 0 Å². The van der Waals surface area contributed by atoms with Crippen LogP contribution in [0.1, 0.15) is 11.1 Å². The zero-order valence-corrected chi connectivity index (χ0v) is 15.9. The van der Waals surface area contributed by atoms with Crippen molar-refractivity contribution >= 4 is 40.4 Å². The van der Waals surface area contributed by atoms with Gasteiger partial charge in [0, 0.05) is 22.3 Å². The minimum Gasteiger partial charge on any atom is -0.436 e. The van der Waals surface area contributed by atoms with Gasteiger partial charge in [-0.3, -0.25) is 4.79 Å². The molecular weight excluding hydrogens is 372 g/mol. The second-order valence-corrected chi connectivity index (χ2v) is 6.88. The SMILES string of the molecule is Cc1ccc2nc(-c3ccc(NC(=O)/C=C/c4ccc(Cl)cc4)cc3)oc2c1. The molecular formula is C23H17ClN2O2. The van der Waals surface area contributed by atoms with Gasteiger partial charge in [0.1, 0.15) is 5.52 Å². The van der Waals surface area contributed by atoms with Crippen LogP contribution in [0.4, 0.5) is 5.69 Å². The van der Waals surface area contributed by atoms with Crippen LogP contribution in [0, 0.1) is 6.92 Å². The van der Waals surface area contributed by atoms with Crippen LogP contribution in [0.2, 0.25) is 5.02 Å². The maximum atomic E-state index is 12.1. The van der Waals surface area contributed by atoms with Gasteiger partial charge in [0.05, 0.1) is 0 Å². The number of anilines is 1. The lowest BCUT2D eigenvalue weighted by Gasteiger charge is -2.03. The summed E-state index contributed by atoms with van der Waals surface area (Å²) in [5, 5.41) is 3.50. The molecule has 0 aliphatic rings. The second-order valence-electron chi connectivity index (χ2n) is 6.44. The summed E-state index contributed by atoms with van der Waals surface area (Å²) in [6.45, 7) is 2.01. The van der Waals surface area contributed by atoms with E-state index in [9.17, 15) is 4.79 Å². The first-order valence-electron chi connectivity index (χ1n) is 8.79. The first-order valence-corrected chi connectivity index (χ1v) is 9.17. The molecule has 0 spiro atoms. The average molecular weight is 389 g/mol. The summed E-state index contributed by atoms with van der Waals surface area (Å²) >= 11 is 5.85. The molecule has 4 nitrogen and oxygen atoms in total. The second kappa shape index (κ2) is 7.71. The predicted molar refractivity (Wildman–Crippen MR) is 113 cm³/mol. The highest BCUT2D eigenvalue weighted by molar-refractivity contribution is 6.30. The van der Waals surface area contributed by atoms with E-state index in [1.54, 1.807) is 18.2 Å². The van der Waals surface area contributed by atoms with Crippen LogP contribution in [-0.2, 0) is 4.79 Å². The number of carbonyl (C=O) groups excluding carboxylic acids is 1. The van der Waals surface area contributed by atoms with E-state index in [1.165, 1.54) is 6.08 Å². The maximum absolute atomic E-state index is 12.1. The fraction of sp³-hybridized carbons (Fsp3) is 0.0435. The van der Waals surface area contributed by atoms with E-state index in [-0.39, 0.29) is 5.91 Å². The van der Waals surface area contributed by atoms with Crippen molar-refractivity contribution in [3.8, 4) is 11.5 Å². The van der Waals surface area contributed by atoms with Crippen molar-refractivity contribution in [1.82, 2.24) is 4.98 Å². The van der Waals surface area contributed by atoms with Gasteiger partial charge in [0.25, 0.3) is 0 Å². The Kier molecular flexibility index (Phi) is 4.96. The van der Waals surface area contributed by atoms with Crippen LogP contribution in [0.5, 0.6) is 0 Å². The first-order chi connectivity index (χ1) is 13.6. The molecule has 4 aromatic rings. The smallest absolute Gasteiger partial charge is 0.248 e. The maximum Gasteiger partial charge on any atom is 0.248 e. The topological polar surface area (TPSA) is 55.1 Å². The van der Waals surface area contributed by atoms with E-state index in [2.05, 4.69) is 10.3 Å². The zero-order valence-electron chi connectivity index (χ0n) is 15.1. The van der Waals surface area contributed by atoms with Crippen LogP contribution in [0.3, 0.4) is 0 Å². The van der Waals surface area contributed by atoms with E-state index in [1.807, 2.05) is 61.5 Å². The van der Waals surface area contributed by atoms with Crippen molar-refractivity contribution in [2.24, 2.45) is 0 Å². The average Bonchev–Trinajstić information content (AvgIpc) is 3.11. The minimum absolute atomic E-state index is 0.208. The van der Waals surface area contributed by atoms with Crippen molar-refractivity contribution in [2.45, 2.75) is 6.92 Å². The van der Waals surface area contributed by atoms with E-state index < -0.39 is 0 Å². The van der Waals surface area contributed by atoms with Crippen LogP contribution >= 0.6 is 11.6 Å². The third kappa shape index (κ3) is 4.13. The van der Waals surface area contributed by atoms with Gasteiger partial charge in [-0.25, -0.2) is 4.98 Å². The highest BCUT2D eigenvalue weighted by Gasteiger charge is 2.08. The molecule has 0 bridgehead atoms. The van der Waals surface area contributed by atoms with Gasteiger partial charge in [-0.2, -0.15) is 0 Å². The Bertz CT molecular complexity index is 1160. The number of oxazole rings is 1. The van der Waals surface area contributed by atoms with Crippen LogP contribution in [-0.4, -0.2) is 10.9 Å². The molecule has 138 valence electrons. The van der Waals surface area contributed by atoms with Gasteiger partial charge < -0.3 is 9.73 Å². The van der Waals surface area contributed by atoms with Crippen molar-refractivity contribution in [3.05, 3.63) is 89.0 Å². The number of carbonyl (C=O) groups is 1. The Morgan fingerprint density at radius 1 is 1.04 bits per heavy atom. The number of rotatable bonds is 4. The van der Waals surface area contributed by atoms with Crippen LogP contribution in [0.15, 0.2) is 77.2 Å². The molecule has 0 atom stereocenters. The molecule has 4 rings (SSSR count). The quantitative estimate of drug-likeness (QED) is 0.429. The molecule has 0 unspecified atom stereocenters. The number of halogens is 1. The highest BCUT2D eigenvalue weighted by atomic mass is 35.5. The number of amides is 1. The molecule has 0 fully saturated rings. The molecule has 1 amide bonds. The normalized spacial score (nSPS) is 11.2. The Morgan fingerprint density at radius 3 is 2.54 bits per heavy atom. The molecule has 5 heteroatoms. The van der Waals surface area contributed by atoms with Crippen LogP contribution < -0.4 is 5.32 Å². The van der Waals surface area contributed by atoms with Gasteiger partial charge >= 0.3 is 0 Å². The predicted octanol–water partition coefficient (Wildman–Crippen LogP) is 6.11. The van der Waals surface area contributed by atoms with Crippen LogP contribution in [0.25, 0.3) is 28.6 Å². The Hall–Kier alpha value is -3.37. The number of aromatic nitrogens is 1. The molecule has 0 aliphatic carbocycles. The number of nitrogens with zero attached hydrogens (tertiary/aromatic N) is 1. The highest BCUT2D eigenvalue weighted by Crippen LogP contribution is 2.26. The molecule has 0 saturated heterocycles. The Morgan fingerprint density at radius 2 is 1.79 bits per heavy atom. The van der Waals surface area contributed by atoms with Gasteiger partial charge in [0.2, 0.25) is 11.8 Å². The summed E-state index contributed by atoms with van der Waals surface area (Å²) in [7, 11) is 0. The lowest BCUT2D eigenvalue weighted by atomic mass is 10.2. The van der Waals surface area contributed by atoms with Crippen molar-refractivity contribution in [3.63, 3.8) is 0 Å². The number of hydrogen-bond donors (Lipinski definition) is 1. The lowest BCUT2D eigenvalue weighted by molar-refractivity contribution is -0.111. The molecule has 1 N–H and O–H groups in total. The van der Waals surface area contributed by atoms with E-state index in [0.29, 0.717) is 16.6 Å². The summed E-state index contributed by atoms with van der Waals surface area (Å²) < 4.78 is 5.83. The number of hydrogen-bond acceptors (Lipinski definition) is 3. The monoisotopic (exact) mass is 388 g/mol. The number of benzene rings is 3. The van der Waals surface area contributed by atoms with Gasteiger partial charge in [-0.1, -0.05) is 29.8 Å². The molecule has 0 radical (unpaired) electrons. The number of fused-ring (bicyclic) bond motifs is 1. The first kappa shape index (κ1) is 18.0. The molecule has 0 saturated carbocycles. The standard InChI is InChI=1S/C23H17ClN2O2/c1-15-2-12-20-21(14-15)28-23(26-20)17-6-10-19(11-7-17)25-22(27)13-5-16-3-8-18(24)9-4-16/h2-14H,1H3,(H,25,27)/b13-5+. The molecule has 3 aromatic carbocycles. The van der Waals surface area contributed by atoms with Crippen molar-refractivity contribution < 1.29 is 9.21 Å². The molecule has 1 heterocycles. The van der Waals surface area contributed by atoms with E-state index in [0.717, 1.165) is 27.8 Å². The van der Waals surface area contributed by atoms with Crippen molar-refractivity contribution in [1.29, 1.82) is 0 Å². The van der Waals surface area contributed by atoms with E-state index >= 15 is 0 Å². The zero-order chi connectivity index (χ0) is 19.5. The van der Waals surface area contributed by atoms with E-state index in [4.69, 9.17) is 16.0 Å². The third-order valence-electron chi connectivity index (χ3n) is 4.24. The van der Waals surface area contributed by atoms with Crippen molar-refractivity contribution in [2.75, 3.05) is 5.32 Å². The molecule has 28 heavy (non-hydrogen) atoms. The summed E-state index contributed by atoms with van der Waals surface area (Å²) in [5.74, 6) is 0.348. The number of aryl methyl sites for hydroxylation is 1. The lowest BCUT2D eigenvalue weighted by Crippen LogP contribution is -2.07. The third-order valence-corrected chi connectivity index (χ3v) is 4.49. The summed E-state index contributed by atoms with van der Waals surface area (Å²) in [6, 6.07) is 20.6. The van der Waals surface area contributed by atoms with Gasteiger partial charge in [-0.05, 0) is 72.7 Å². The molecule has 1 aromatic heterocycles. The fourth-order valence-electron chi connectivity index (χ4n) is 2.78. The summed E-state index contributed by atoms with van der Waals surface area (Å²) in [6.07, 6.45) is 3.22. The van der Waals surface area contributed by atoms with Gasteiger partial charge in [0.15, 0.2) is 5.58 Å². The Labute approximate surface area is 167 Å². The summed E-state index contributed by atoms with van der Waals surface area (Å²) in [5.41, 5.74) is 5.16. The largest absolute Gasteiger partial charge is 0.436 e. The fourth-order valence-corrected chi connectivity index (χ4v) is 2.91. The molecule has 0 aliphatic heterocycles. The summed E-state index contributed by atoms with van der Waals surface area (Å²) in [4.78, 5) is 16.6.